The first-order chi connectivity index (χ1) is 32.7. The van der Waals surface area contributed by atoms with Gasteiger partial charge in [-0.25, -0.2) is 0 Å². The van der Waals surface area contributed by atoms with Crippen molar-refractivity contribution in [3.63, 3.8) is 0 Å². The van der Waals surface area contributed by atoms with Gasteiger partial charge in [-0.1, -0.05) is 194 Å². The fourth-order valence-electron chi connectivity index (χ4n) is 10.6. The Morgan fingerprint density at radius 1 is 0.258 bits per heavy atom. The molecule has 66 heavy (non-hydrogen) atoms. The quantitative estimate of drug-likeness (QED) is 0.145. The van der Waals surface area contributed by atoms with E-state index in [4.69, 9.17) is 0 Å². The van der Waals surface area contributed by atoms with Gasteiger partial charge in [0.2, 0.25) is 0 Å². The third-order valence-corrected chi connectivity index (χ3v) is 13.5. The maximum absolute atomic E-state index is 2.46. The molecular weight excluding hydrogens is 797 g/mol. The Kier molecular flexibility index (Phi) is 8.89. The van der Waals surface area contributed by atoms with Gasteiger partial charge in [-0.3, -0.25) is 0 Å². The highest BCUT2D eigenvalue weighted by Crippen LogP contribution is 2.48. The van der Waals surface area contributed by atoms with Gasteiger partial charge in [0, 0.05) is 33.5 Å². The summed E-state index contributed by atoms with van der Waals surface area (Å²) in [4.78, 5) is 2.46. The molecule has 0 saturated carbocycles. The number of hydrogen-bond acceptors (Lipinski definition) is 1. The van der Waals surface area contributed by atoms with E-state index < -0.39 is 0 Å². The van der Waals surface area contributed by atoms with Crippen molar-refractivity contribution in [2.75, 3.05) is 4.90 Å². The van der Waals surface area contributed by atoms with Gasteiger partial charge in [-0.05, 0) is 137 Å². The summed E-state index contributed by atoms with van der Waals surface area (Å²) in [7, 11) is 0. The topological polar surface area (TPSA) is 8.17 Å². The number of anilines is 3. The number of benzene rings is 12. The molecule has 0 bridgehead atoms. The molecule has 13 aromatic rings. The van der Waals surface area contributed by atoms with Crippen LogP contribution in [0.4, 0.5) is 17.1 Å². The van der Waals surface area contributed by atoms with Gasteiger partial charge < -0.3 is 9.47 Å². The Balaban J connectivity index is 1.09. The van der Waals surface area contributed by atoms with Crippen molar-refractivity contribution in [3.8, 4) is 39.1 Å². The molecule has 0 atom stereocenters. The van der Waals surface area contributed by atoms with Gasteiger partial charge in [0.15, 0.2) is 0 Å². The highest BCUT2D eigenvalue weighted by molar-refractivity contribution is 6.22. The summed E-state index contributed by atoms with van der Waals surface area (Å²) in [6, 6.07) is 93.5. The lowest BCUT2D eigenvalue weighted by molar-refractivity contribution is 1.18. The van der Waals surface area contributed by atoms with E-state index in [1.165, 1.54) is 98.3 Å². The van der Waals surface area contributed by atoms with Gasteiger partial charge in [-0.2, -0.15) is 0 Å². The zero-order valence-corrected chi connectivity index (χ0v) is 36.1. The summed E-state index contributed by atoms with van der Waals surface area (Å²) < 4.78 is 2.42. The highest BCUT2D eigenvalue weighted by atomic mass is 15.1. The van der Waals surface area contributed by atoms with Crippen molar-refractivity contribution in [2.45, 2.75) is 0 Å². The molecule has 13 rings (SSSR count). The minimum absolute atomic E-state index is 1.08. The molecule has 1 heterocycles. The average molecular weight is 839 g/mol. The van der Waals surface area contributed by atoms with Crippen LogP contribution >= 0.6 is 0 Å². The van der Waals surface area contributed by atoms with Crippen LogP contribution in [-0.2, 0) is 0 Å². The maximum atomic E-state index is 2.46. The summed E-state index contributed by atoms with van der Waals surface area (Å²) in [5.74, 6) is 0. The molecule has 0 unspecified atom stereocenters. The van der Waals surface area contributed by atoms with Crippen LogP contribution in [-0.4, -0.2) is 4.57 Å². The minimum atomic E-state index is 1.08. The molecule has 0 fully saturated rings. The third-order valence-electron chi connectivity index (χ3n) is 13.5. The molecule has 2 heteroatoms. The number of aromatic nitrogens is 1. The Morgan fingerprint density at radius 3 is 1.58 bits per heavy atom. The Morgan fingerprint density at radius 2 is 0.788 bits per heavy atom. The molecule has 0 aliphatic heterocycles. The van der Waals surface area contributed by atoms with Crippen molar-refractivity contribution in [1.29, 1.82) is 0 Å². The molecule has 0 N–H and O–H groups in total. The SMILES string of the molecule is c1ccc(-c2c(-c3ccccc3)c3cc(N(c4cccc(-c5cccc6ccccc56)c4)c4ccc5c(c4)c4ccccc4n5-c4ccc5ccccc5c4)ccc3c3ccccc23)cc1. The second-order valence-electron chi connectivity index (χ2n) is 17.3. The van der Waals surface area contributed by atoms with E-state index >= 15 is 0 Å². The standard InChI is InChI=1S/C64H42N2/c1-3-19-45(20-4-1)63-58-30-12-11-28-55(58)56-37-35-51(42-60(56)64(63)46-21-5-2-6-22-46)65(49-26-15-25-48(40-49)54-31-16-24-44-18-9-10-27-53(44)54)52-36-38-62-59(41-52)57-29-13-14-32-61(57)66(62)50-34-33-43-17-7-8-23-47(43)39-50/h1-42H. The maximum Gasteiger partial charge on any atom is 0.0542 e. The van der Waals surface area contributed by atoms with E-state index in [1.807, 2.05) is 0 Å². The van der Waals surface area contributed by atoms with Gasteiger partial charge >= 0.3 is 0 Å². The van der Waals surface area contributed by atoms with Crippen molar-refractivity contribution in [3.05, 3.63) is 255 Å². The molecule has 0 saturated heterocycles. The van der Waals surface area contributed by atoms with E-state index in [-0.39, 0.29) is 0 Å². The van der Waals surface area contributed by atoms with Gasteiger partial charge in [0.1, 0.15) is 0 Å². The van der Waals surface area contributed by atoms with Crippen molar-refractivity contribution >= 4 is 82.0 Å². The molecule has 308 valence electrons. The van der Waals surface area contributed by atoms with Crippen molar-refractivity contribution in [2.24, 2.45) is 0 Å². The zero-order valence-electron chi connectivity index (χ0n) is 36.1. The van der Waals surface area contributed by atoms with Crippen LogP contribution in [0, 0.1) is 0 Å². The third kappa shape index (κ3) is 6.18. The highest BCUT2D eigenvalue weighted by Gasteiger charge is 2.22. The second kappa shape index (κ2) is 15.5. The number of hydrogen-bond donors (Lipinski definition) is 0. The fourth-order valence-corrected chi connectivity index (χ4v) is 10.6. The monoisotopic (exact) mass is 838 g/mol. The van der Waals surface area contributed by atoms with Crippen LogP contribution in [0.5, 0.6) is 0 Å². The van der Waals surface area contributed by atoms with Crippen molar-refractivity contribution < 1.29 is 0 Å². The first kappa shape index (κ1) is 37.8. The molecule has 0 amide bonds. The number of rotatable bonds is 7. The van der Waals surface area contributed by atoms with Crippen LogP contribution in [0.2, 0.25) is 0 Å². The van der Waals surface area contributed by atoms with Crippen LogP contribution in [0.25, 0.3) is 104 Å². The van der Waals surface area contributed by atoms with E-state index in [0.717, 1.165) is 22.7 Å². The predicted octanol–water partition coefficient (Wildman–Crippen LogP) is 17.9. The number of fused-ring (bicyclic) bond motifs is 8. The van der Waals surface area contributed by atoms with Crippen molar-refractivity contribution in [1.82, 2.24) is 4.57 Å². The lowest BCUT2D eigenvalue weighted by Gasteiger charge is -2.27. The zero-order chi connectivity index (χ0) is 43.6. The van der Waals surface area contributed by atoms with Crippen LogP contribution in [0.3, 0.4) is 0 Å². The summed E-state index contributed by atoms with van der Waals surface area (Å²) in [6.07, 6.45) is 0. The first-order valence-corrected chi connectivity index (χ1v) is 22.8. The predicted molar refractivity (Wildman–Crippen MR) is 282 cm³/mol. The fraction of sp³-hybridized carbons (Fsp3) is 0. The number of nitrogens with zero attached hydrogens (tertiary/aromatic N) is 2. The summed E-state index contributed by atoms with van der Waals surface area (Å²) in [6.45, 7) is 0. The number of para-hydroxylation sites is 1. The van der Waals surface area contributed by atoms with Crippen LogP contribution in [0.15, 0.2) is 255 Å². The Hall–Kier alpha value is -8.72. The lowest BCUT2D eigenvalue weighted by Crippen LogP contribution is -2.10. The molecule has 2 nitrogen and oxygen atoms in total. The average Bonchev–Trinajstić information content (AvgIpc) is 3.72. The van der Waals surface area contributed by atoms with E-state index in [9.17, 15) is 0 Å². The normalized spacial score (nSPS) is 11.6. The Labute approximate surface area is 383 Å². The largest absolute Gasteiger partial charge is 0.310 e. The minimum Gasteiger partial charge on any atom is -0.310 e. The second-order valence-corrected chi connectivity index (χ2v) is 17.3. The van der Waals surface area contributed by atoms with E-state index in [0.29, 0.717) is 0 Å². The van der Waals surface area contributed by atoms with E-state index in [2.05, 4.69) is 264 Å². The van der Waals surface area contributed by atoms with Gasteiger partial charge in [0.25, 0.3) is 0 Å². The molecular formula is C64H42N2. The summed E-state index contributed by atoms with van der Waals surface area (Å²) >= 11 is 0. The van der Waals surface area contributed by atoms with Gasteiger partial charge in [0.05, 0.1) is 11.0 Å². The lowest BCUT2D eigenvalue weighted by atomic mass is 9.85. The van der Waals surface area contributed by atoms with Gasteiger partial charge in [-0.15, -0.1) is 0 Å². The molecule has 12 aromatic carbocycles. The summed E-state index contributed by atoms with van der Waals surface area (Å²) in [5, 5.41) is 12.3. The molecule has 0 spiro atoms. The molecule has 0 radical (unpaired) electrons. The van der Waals surface area contributed by atoms with Crippen LogP contribution < -0.4 is 4.90 Å². The smallest absolute Gasteiger partial charge is 0.0542 e. The molecule has 0 aliphatic carbocycles. The van der Waals surface area contributed by atoms with Crippen LogP contribution in [0.1, 0.15) is 0 Å². The Bertz CT molecular complexity index is 3990. The molecule has 0 aliphatic rings. The molecule has 1 aromatic heterocycles. The first-order valence-electron chi connectivity index (χ1n) is 22.8. The summed E-state index contributed by atoms with van der Waals surface area (Å²) in [5.41, 5.74) is 14.0. The van der Waals surface area contributed by atoms with E-state index in [1.54, 1.807) is 0 Å².